The van der Waals surface area contributed by atoms with Gasteiger partial charge in [-0.3, -0.25) is 5.43 Å². The van der Waals surface area contributed by atoms with Crippen molar-refractivity contribution in [2.75, 3.05) is 12.4 Å². The number of para-hydroxylation sites is 1. The van der Waals surface area contributed by atoms with Gasteiger partial charge in [-0.25, -0.2) is 4.79 Å². The van der Waals surface area contributed by atoms with E-state index in [1.807, 2.05) is 30.3 Å². The quantitative estimate of drug-likeness (QED) is 0.161. The normalized spacial score (nSPS) is 10.5. The zero-order valence-electron chi connectivity index (χ0n) is 16.3. The Kier molecular flexibility index (Phi) is 7.83. The lowest BCUT2D eigenvalue weighted by Gasteiger charge is -2.11. The van der Waals surface area contributed by atoms with E-state index in [1.165, 1.54) is 19.2 Å². The van der Waals surface area contributed by atoms with Crippen molar-refractivity contribution in [2.24, 2.45) is 5.10 Å². The van der Waals surface area contributed by atoms with Gasteiger partial charge in [-0.1, -0.05) is 41.4 Å². The molecule has 0 bridgehead atoms. The molecule has 0 heterocycles. The van der Waals surface area contributed by atoms with Gasteiger partial charge in [0.25, 0.3) is 0 Å². The minimum absolute atomic E-state index is 0.197. The maximum absolute atomic E-state index is 12.4. The number of hydrogen-bond donors (Lipinski definition) is 2. The molecule has 0 aliphatic carbocycles. The van der Waals surface area contributed by atoms with Gasteiger partial charge in [0.2, 0.25) is 0 Å². The Bertz CT molecular complexity index is 1120. The average Bonchev–Trinajstić information content (AvgIpc) is 2.75. The van der Waals surface area contributed by atoms with E-state index in [-0.39, 0.29) is 16.3 Å². The van der Waals surface area contributed by atoms with Crippen LogP contribution in [0.5, 0.6) is 11.5 Å². The van der Waals surface area contributed by atoms with Crippen LogP contribution in [0, 0.1) is 0 Å². The van der Waals surface area contributed by atoms with Crippen LogP contribution in [0.25, 0.3) is 0 Å². The van der Waals surface area contributed by atoms with E-state index in [2.05, 4.69) is 15.8 Å². The SMILES string of the molecule is COc1cc(/C=N/NC(=S)Nc2ccccc2)ccc1OC(=O)c1ccc(Cl)cc1Cl. The molecule has 3 aromatic rings. The molecule has 0 aliphatic rings. The van der Waals surface area contributed by atoms with Crippen LogP contribution in [-0.4, -0.2) is 24.4 Å². The lowest BCUT2D eigenvalue weighted by Crippen LogP contribution is -2.23. The first kappa shape index (κ1) is 22.6. The summed E-state index contributed by atoms with van der Waals surface area (Å²) in [5.74, 6) is -0.0300. The van der Waals surface area contributed by atoms with E-state index in [4.69, 9.17) is 44.9 Å². The van der Waals surface area contributed by atoms with Gasteiger partial charge < -0.3 is 14.8 Å². The summed E-state index contributed by atoms with van der Waals surface area (Å²) < 4.78 is 10.8. The van der Waals surface area contributed by atoms with Gasteiger partial charge in [0.1, 0.15) is 0 Å². The van der Waals surface area contributed by atoms with Gasteiger partial charge in [0, 0.05) is 10.7 Å². The summed E-state index contributed by atoms with van der Waals surface area (Å²) in [6.07, 6.45) is 1.56. The standard InChI is InChI=1S/C22H17Cl2N3O3S/c1-29-20-11-14(13-25-27-22(31)26-16-5-3-2-4-6-16)7-10-19(20)30-21(28)17-9-8-15(23)12-18(17)24/h2-13H,1H3,(H2,26,27,31)/b25-13+. The van der Waals surface area contributed by atoms with Crippen molar-refractivity contribution in [1.82, 2.24) is 5.43 Å². The second-order valence-electron chi connectivity index (χ2n) is 6.11. The number of carbonyl (C=O) groups is 1. The van der Waals surface area contributed by atoms with Crippen molar-refractivity contribution in [3.63, 3.8) is 0 Å². The summed E-state index contributed by atoms with van der Waals surface area (Å²) in [6.45, 7) is 0. The number of rotatable bonds is 6. The summed E-state index contributed by atoms with van der Waals surface area (Å²) in [4.78, 5) is 12.4. The molecule has 0 amide bonds. The third-order valence-electron chi connectivity index (χ3n) is 3.95. The van der Waals surface area contributed by atoms with Crippen molar-refractivity contribution in [3.8, 4) is 11.5 Å². The fraction of sp³-hybridized carbons (Fsp3) is 0.0455. The maximum Gasteiger partial charge on any atom is 0.345 e. The van der Waals surface area contributed by atoms with Crippen LogP contribution in [0.1, 0.15) is 15.9 Å². The largest absolute Gasteiger partial charge is 0.493 e. The molecular formula is C22H17Cl2N3O3S. The number of hydrazone groups is 1. The van der Waals surface area contributed by atoms with Gasteiger partial charge in [-0.2, -0.15) is 5.10 Å². The summed E-state index contributed by atoms with van der Waals surface area (Å²) in [5, 5.41) is 8.08. The molecule has 0 spiro atoms. The van der Waals surface area contributed by atoms with E-state index >= 15 is 0 Å². The number of hydrogen-bond acceptors (Lipinski definition) is 5. The summed E-state index contributed by atoms with van der Waals surface area (Å²) >= 11 is 17.1. The van der Waals surface area contributed by atoms with Crippen LogP contribution >= 0.6 is 35.4 Å². The third kappa shape index (κ3) is 6.42. The Hall–Kier alpha value is -3.13. The molecule has 0 saturated heterocycles. The smallest absolute Gasteiger partial charge is 0.345 e. The molecule has 9 heteroatoms. The number of nitrogens with zero attached hydrogens (tertiary/aromatic N) is 1. The first-order valence-electron chi connectivity index (χ1n) is 8.96. The summed E-state index contributed by atoms with van der Waals surface area (Å²) in [6, 6.07) is 19.0. The third-order valence-corrected chi connectivity index (χ3v) is 4.69. The molecule has 3 rings (SSSR count). The molecule has 6 nitrogen and oxygen atoms in total. The Morgan fingerprint density at radius 2 is 1.81 bits per heavy atom. The number of esters is 1. The van der Waals surface area contributed by atoms with Crippen LogP contribution in [0.3, 0.4) is 0 Å². The van der Waals surface area contributed by atoms with Crippen molar-refractivity contribution in [2.45, 2.75) is 0 Å². The lowest BCUT2D eigenvalue weighted by atomic mass is 10.2. The minimum atomic E-state index is -0.625. The van der Waals surface area contributed by atoms with Crippen molar-refractivity contribution in [1.29, 1.82) is 0 Å². The van der Waals surface area contributed by atoms with Crippen LogP contribution in [0.2, 0.25) is 10.0 Å². The van der Waals surface area contributed by atoms with Gasteiger partial charge in [0.15, 0.2) is 16.6 Å². The molecule has 0 aliphatic heterocycles. The molecular weight excluding hydrogens is 457 g/mol. The number of ether oxygens (including phenoxy) is 2. The highest BCUT2D eigenvalue weighted by Crippen LogP contribution is 2.29. The number of thiocarbonyl (C=S) groups is 1. The number of methoxy groups -OCH3 is 1. The molecule has 31 heavy (non-hydrogen) atoms. The zero-order chi connectivity index (χ0) is 22.2. The number of benzene rings is 3. The zero-order valence-corrected chi connectivity index (χ0v) is 18.6. The number of halogens is 2. The maximum atomic E-state index is 12.4. The topological polar surface area (TPSA) is 71.9 Å². The fourth-order valence-electron chi connectivity index (χ4n) is 2.50. The molecule has 2 N–H and O–H groups in total. The number of anilines is 1. The number of carbonyl (C=O) groups excluding carboxylic acids is 1. The van der Waals surface area contributed by atoms with Crippen LogP contribution in [-0.2, 0) is 0 Å². The highest BCUT2D eigenvalue weighted by Gasteiger charge is 2.16. The first-order chi connectivity index (χ1) is 15.0. The van der Waals surface area contributed by atoms with Gasteiger partial charge in [-0.05, 0) is 66.3 Å². The van der Waals surface area contributed by atoms with E-state index < -0.39 is 5.97 Å². The predicted octanol–water partition coefficient (Wildman–Crippen LogP) is 5.54. The van der Waals surface area contributed by atoms with Crippen molar-refractivity contribution < 1.29 is 14.3 Å². The second-order valence-corrected chi connectivity index (χ2v) is 7.37. The minimum Gasteiger partial charge on any atom is -0.493 e. The monoisotopic (exact) mass is 473 g/mol. The van der Waals surface area contributed by atoms with E-state index in [0.717, 1.165) is 5.69 Å². The van der Waals surface area contributed by atoms with Crippen molar-refractivity contribution >= 4 is 58.4 Å². The summed E-state index contributed by atoms with van der Waals surface area (Å²) in [5.41, 5.74) is 4.49. The fourth-order valence-corrected chi connectivity index (χ4v) is 3.16. The highest BCUT2D eigenvalue weighted by atomic mass is 35.5. The van der Waals surface area contributed by atoms with E-state index in [0.29, 0.717) is 21.4 Å². The molecule has 0 saturated carbocycles. The average molecular weight is 474 g/mol. The molecule has 0 atom stereocenters. The molecule has 158 valence electrons. The molecule has 0 unspecified atom stereocenters. The Labute approximate surface area is 194 Å². The lowest BCUT2D eigenvalue weighted by molar-refractivity contribution is 0.0730. The van der Waals surface area contributed by atoms with Crippen LogP contribution < -0.4 is 20.2 Å². The molecule has 3 aromatic carbocycles. The van der Waals surface area contributed by atoms with Crippen LogP contribution in [0.4, 0.5) is 5.69 Å². The highest BCUT2D eigenvalue weighted by molar-refractivity contribution is 7.80. The van der Waals surface area contributed by atoms with E-state index in [1.54, 1.807) is 30.5 Å². The number of nitrogens with one attached hydrogen (secondary N) is 2. The van der Waals surface area contributed by atoms with Crippen LogP contribution in [0.15, 0.2) is 71.8 Å². The van der Waals surface area contributed by atoms with E-state index in [9.17, 15) is 4.79 Å². The summed E-state index contributed by atoms with van der Waals surface area (Å²) in [7, 11) is 1.47. The Balaban J connectivity index is 1.64. The van der Waals surface area contributed by atoms with Crippen molar-refractivity contribution in [3.05, 3.63) is 87.9 Å². The Morgan fingerprint density at radius 1 is 1.03 bits per heavy atom. The molecule has 0 radical (unpaired) electrons. The Morgan fingerprint density at radius 3 is 2.52 bits per heavy atom. The van der Waals surface area contributed by atoms with Gasteiger partial charge in [-0.15, -0.1) is 0 Å². The predicted molar refractivity (Wildman–Crippen MR) is 128 cm³/mol. The first-order valence-corrected chi connectivity index (χ1v) is 10.1. The second kappa shape index (κ2) is 10.8. The van der Waals surface area contributed by atoms with Gasteiger partial charge in [0.05, 0.1) is 23.9 Å². The molecule has 0 fully saturated rings. The molecule has 0 aromatic heterocycles. The van der Waals surface area contributed by atoms with Gasteiger partial charge >= 0.3 is 5.97 Å².